The van der Waals surface area contributed by atoms with Crippen LogP contribution in [0.25, 0.3) is 0 Å². The molecule has 0 saturated carbocycles. The van der Waals surface area contributed by atoms with Crippen molar-refractivity contribution in [2.45, 2.75) is 13.0 Å². The Morgan fingerprint density at radius 1 is 1.11 bits per heavy atom. The van der Waals surface area contributed by atoms with Crippen molar-refractivity contribution in [3.63, 3.8) is 0 Å². The first-order valence-electron chi connectivity index (χ1n) is 8.81. The van der Waals surface area contributed by atoms with Gasteiger partial charge in [0.15, 0.2) is 0 Å². The highest BCUT2D eigenvalue weighted by Crippen LogP contribution is 2.15. The van der Waals surface area contributed by atoms with Gasteiger partial charge >= 0.3 is 6.03 Å². The van der Waals surface area contributed by atoms with Crippen LogP contribution in [0.5, 0.6) is 0 Å². The fourth-order valence-electron chi connectivity index (χ4n) is 2.84. The number of nitrogens with zero attached hydrogens (tertiary/aromatic N) is 3. The number of anilines is 2. The van der Waals surface area contributed by atoms with Gasteiger partial charge in [-0.3, -0.25) is 4.79 Å². The number of rotatable bonds is 4. The second-order valence-corrected chi connectivity index (χ2v) is 6.77. The first-order chi connectivity index (χ1) is 13.0. The van der Waals surface area contributed by atoms with Crippen molar-refractivity contribution in [2.75, 3.05) is 36.4 Å². The van der Waals surface area contributed by atoms with Crippen LogP contribution in [0.1, 0.15) is 6.92 Å². The summed E-state index contributed by atoms with van der Waals surface area (Å²) in [6, 6.07) is 11.8. The van der Waals surface area contributed by atoms with Gasteiger partial charge in [0.25, 0.3) is 0 Å². The second-order valence-electron chi connectivity index (χ2n) is 6.33. The van der Waals surface area contributed by atoms with Crippen molar-refractivity contribution in [3.05, 3.63) is 53.7 Å². The third kappa shape index (κ3) is 5.10. The molecule has 27 heavy (non-hydrogen) atoms. The monoisotopic (exact) mass is 387 g/mol. The minimum absolute atomic E-state index is 0.246. The molecule has 1 aromatic carbocycles. The van der Waals surface area contributed by atoms with Crippen LogP contribution in [0, 0.1) is 0 Å². The summed E-state index contributed by atoms with van der Waals surface area (Å²) in [7, 11) is 0. The Kier molecular flexibility index (Phi) is 6.13. The molecule has 0 spiro atoms. The molecule has 0 radical (unpaired) electrons. The molecule has 0 bridgehead atoms. The Labute approximate surface area is 163 Å². The number of amides is 3. The standard InChI is InChI=1S/C19H22ClN5O2/c1-14(18(26)23-16-6-4-5-15(20)13-16)22-19(27)25-11-9-24(10-12-25)17-7-2-3-8-21-17/h2-8,13-14H,9-12H2,1H3,(H,22,27)(H,23,26)/t14-/m1/s1. The molecule has 7 nitrogen and oxygen atoms in total. The molecule has 3 amide bonds. The summed E-state index contributed by atoms with van der Waals surface area (Å²) in [5, 5.41) is 6.03. The first-order valence-corrected chi connectivity index (χ1v) is 9.18. The summed E-state index contributed by atoms with van der Waals surface area (Å²) < 4.78 is 0. The van der Waals surface area contributed by atoms with Crippen molar-refractivity contribution >= 4 is 35.0 Å². The van der Waals surface area contributed by atoms with Crippen LogP contribution in [-0.2, 0) is 4.79 Å². The number of piperazine rings is 1. The molecule has 1 aliphatic rings. The minimum atomic E-state index is -0.662. The SMILES string of the molecule is C[C@@H](NC(=O)N1CCN(c2ccccn2)CC1)C(=O)Nc1cccc(Cl)c1. The number of benzene rings is 1. The third-order valence-electron chi connectivity index (χ3n) is 4.37. The van der Waals surface area contributed by atoms with Gasteiger partial charge in [0.1, 0.15) is 11.9 Å². The number of nitrogens with one attached hydrogen (secondary N) is 2. The Hall–Kier alpha value is -2.80. The van der Waals surface area contributed by atoms with Gasteiger partial charge in [0.05, 0.1) is 0 Å². The summed E-state index contributed by atoms with van der Waals surface area (Å²) in [6.07, 6.45) is 1.76. The molecule has 1 atom stereocenters. The summed E-state index contributed by atoms with van der Waals surface area (Å²) in [4.78, 5) is 32.9. The molecule has 3 rings (SSSR count). The molecule has 0 unspecified atom stereocenters. The predicted molar refractivity (Wildman–Crippen MR) is 106 cm³/mol. The fraction of sp³-hybridized carbons (Fsp3) is 0.316. The highest BCUT2D eigenvalue weighted by Gasteiger charge is 2.24. The van der Waals surface area contributed by atoms with Crippen LogP contribution in [0.4, 0.5) is 16.3 Å². The number of hydrogen-bond donors (Lipinski definition) is 2. The summed E-state index contributed by atoms with van der Waals surface area (Å²) >= 11 is 5.91. The van der Waals surface area contributed by atoms with Crippen LogP contribution in [0.15, 0.2) is 48.7 Å². The molecule has 1 aromatic heterocycles. The van der Waals surface area contributed by atoms with E-state index >= 15 is 0 Å². The minimum Gasteiger partial charge on any atom is -0.353 e. The van der Waals surface area contributed by atoms with Gasteiger partial charge < -0.3 is 20.4 Å². The van der Waals surface area contributed by atoms with E-state index in [1.165, 1.54) is 0 Å². The maximum absolute atomic E-state index is 12.4. The topological polar surface area (TPSA) is 77.6 Å². The largest absolute Gasteiger partial charge is 0.353 e. The number of halogens is 1. The number of aromatic nitrogens is 1. The number of pyridine rings is 1. The first kappa shape index (κ1) is 19.0. The number of hydrogen-bond acceptors (Lipinski definition) is 4. The van der Waals surface area contributed by atoms with Crippen molar-refractivity contribution in [2.24, 2.45) is 0 Å². The van der Waals surface area contributed by atoms with Crippen LogP contribution < -0.4 is 15.5 Å². The molecule has 2 heterocycles. The van der Waals surface area contributed by atoms with E-state index in [9.17, 15) is 9.59 Å². The summed E-state index contributed by atoms with van der Waals surface area (Å²) in [5.74, 6) is 0.615. The Balaban J connectivity index is 1.48. The van der Waals surface area contributed by atoms with Crippen molar-refractivity contribution in [1.82, 2.24) is 15.2 Å². The quantitative estimate of drug-likeness (QED) is 0.845. The van der Waals surface area contributed by atoms with Gasteiger partial charge in [-0.05, 0) is 37.3 Å². The van der Waals surface area contributed by atoms with Crippen LogP contribution in [-0.4, -0.2) is 54.0 Å². The molecular weight excluding hydrogens is 366 g/mol. The van der Waals surface area contributed by atoms with Gasteiger partial charge in [-0.15, -0.1) is 0 Å². The van der Waals surface area contributed by atoms with Gasteiger partial charge in [0, 0.05) is 43.1 Å². The smallest absolute Gasteiger partial charge is 0.318 e. The number of urea groups is 1. The Morgan fingerprint density at radius 3 is 2.56 bits per heavy atom. The van der Waals surface area contributed by atoms with E-state index in [1.807, 2.05) is 18.2 Å². The lowest BCUT2D eigenvalue weighted by molar-refractivity contribution is -0.117. The second kappa shape index (κ2) is 8.73. The Bertz CT molecular complexity index is 794. The summed E-state index contributed by atoms with van der Waals surface area (Å²) in [6.45, 7) is 4.21. The average Bonchev–Trinajstić information content (AvgIpc) is 2.68. The summed E-state index contributed by atoms with van der Waals surface area (Å²) in [5.41, 5.74) is 0.595. The normalized spacial score (nSPS) is 15.2. The molecule has 142 valence electrons. The van der Waals surface area contributed by atoms with E-state index < -0.39 is 6.04 Å². The van der Waals surface area contributed by atoms with Crippen molar-refractivity contribution in [3.8, 4) is 0 Å². The zero-order valence-corrected chi connectivity index (χ0v) is 15.8. The van der Waals surface area contributed by atoms with Crippen LogP contribution in [0.2, 0.25) is 5.02 Å². The van der Waals surface area contributed by atoms with E-state index in [4.69, 9.17) is 11.6 Å². The average molecular weight is 388 g/mol. The highest BCUT2D eigenvalue weighted by atomic mass is 35.5. The zero-order valence-electron chi connectivity index (χ0n) is 15.1. The van der Waals surface area contributed by atoms with Gasteiger partial charge in [0.2, 0.25) is 5.91 Å². The molecule has 1 fully saturated rings. The van der Waals surface area contributed by atoms with E-state index in [2.05, 4.69) is 20.5 Å². The van der Waals surface area contributed by atoms with Crippen LogP contribution in [0.3, 0.4) is 0 Å². The molecule has 2 N–H and O–H groups in total. The number of carbonyl (C=O) groups excluding carboxylic acids is 2. The lowest BCUT2D eigenvalue weighted by atomic mass is 10.2. The number of carbonyl (C=O) groups is 2. The molecule has 0 aliphatic carbocycles. The third-order valence-corrected chi connectivity index (χ3v) is 4.60. The molecule has 1 aliphatic heterocycles. The molecular formula is C19H22ClN5O2. The maximum Gasteiger partial charge on any atom is 0.318 e. The van der Waals surface area contributed by atoms with E-state index in [0.29, 0.717) is 36.9 Å². The van der Waals surface area contributed by atoms with Gasteiger partial charge in [-0.2, -0.15) is 0 Å². The molecule has 8 heteroatoms. The Morgan fingerprint density at radius 2 is 1.89 bits per heavy atom. The van der Waals surface area contributed by atoms with Gasteiger partial charge in [-0.25, -0.2) is 9.78 Å². The zero-order chi connectivity index (χ0) is 19.2. The predicted octanol–water partition coefficient (Wildman–Crippen LogP) is 2.59. The van der Waals surface area contributed by atoms with Crippen molar-refractivity contribution < 1.29 is 9.59 Å². The molecule has 2 aromatic rings. The van der Waals surface area contributed by atoms with Gasteiger partial charge in [-0.1, -0.05) is 23.7 Å². The van der Waals surface area contributed by atoms with E-state index in [1.54, 1.807) is 42.3 Å². The highest BCUT2D eigenvalue weighted by molar-refractivity contribution is 6.30. The van der Waals surface area contributed by atoms with E-state index in [-0.39, 0.29) is 11.9 Å². The fourth-order valence-corrected chi connectivity index (χ4v) is 3.03. The lowest BCUT2D eigenvalue weighted by Crippen LogP contribution is -2.54. The lowest BCUT2D eigenvalue weighted by Gasteiger charge is -2.35. The van der Waals surface area contributed by atoms with Crippen molar-refractivity contribution in [1.29, 1.82) is 0 Å². The molecule has 1 saturated heterocycles. The van der Waals surface area contributed by atoms with Crippen LogP contribution >= 0.6 is 11.6 Å². The maximum atomic E-state index is 12.4. The van der Waals surface area contributed by atoms with E-state index in [0.717, 1.165) is 5.82 Å².